The number of amides is 1. The molecule has 1 heterocycles. The van der Waals surface area contributed by atoms with Gasteiger partial charge in [0, 0.05) is 43.4 Å². The fourth-order valence-electron chi connectivity index (χ4n) is 6.67. The van der Waals surface area contributed by atoms with Gasteiger partial charge in [-0.05, 0) is 67.3 Å². The van der Waals surface area contributed by atoms with Crippen molar-refractivity contribution in [1.29, 1.82) is 0 Å². The molecule has 0 aromatic heterocycles. The first-order chi connectivity index (χ1) is 19.3. The van der Waals surface area contributed by atoms with Crippen LogP contribution in [0.4, 0.5) is 13.2 Å². The highest BCUT2D eigenvalue weighted by Crippen LogP contribution is 2.54. The van der Waals surface area contributed by atoms with Crippen molar-refractivity contribution in [3.8, 4) is 17.6 Å². The van der Waals surface area contributed by atoms with E-state index in [0.717, 1.165) is 48.2 Å². The molecule has 2 aromatic carbocycles. The number of methoxy groups -OCH3 is 1. The second-order valence-electron chi connectivity index (χ2n) is 11.4. The number of esters is 1. The lowest BCUT2D eigenvalue weighted by molar-refractivity contribution is -0.918. The molecule has 2 aromatic rings. The maximum absolute atomic E-state index is 12.9. The van der Waals surface area contributed by atoms with Crippen LogP contribution in [0, 0.1) is 11.8 Å². The number of quaternary nitrogens is 1. The third kappa shape index (κ3) is 6.50. The predicted molar refractivity (Wildman–Crippen MR) is 149 cm³/mol. The number of likely N-dealkylation sites (tertiary alicyclic amines) is 1. The van der Waals surface area contributed by atoms with Crippen LogP contribution in [0.15, 0.2) is 61.2 Å². The molecule has 1 saturated heterocycles. The van der Waals surface area contributed by atoms with Crippen molar-refractivity contribution >= 4 is 11.9 Å². The standard InChI is InChI=1S/C32H35F3N2O4/c1-5-18-37(3)19-17-30(26-7-6-8-28(20-26)41-23(2)38)21-27(15-16-31(30,22-37)40-4)36-29(39)14-11-24-9-12-25(13-10-24)32(33,34)35/h5-10,12-13,20,27H,1,15-19,21-22H2,2-4H3/p+1/t27-,30+,31?,37+/m1/s1. The number of hydrogen-bond acceptors (Lipinski definition) is 4. The maximum Gasteiger partial charge on any atom is 0.416 e. The molecular formula is C32H36F3N2O4+. The lowest BCUT2D eigenvalue weighted by Gasteiger charge is -2.61. The van der Waals surface area contributed by atoms with Crippen LogP contribution in [-0.4, -0.2) is 61.8 Å². The van der Waals surface area contributed by atoms with Gasteiger partial charge in [0.2, 0.25) is 0 Å². The number of likely N-dealkylation sites (N-methyl/N-ethyl adjacent to an activating group) is 1. The summed E-state index contributed by atoms with van der Waals surface area (Å²) in [5.74, 6) is 4.75. The lowest BCUT2D eigenvalue weighted by atomic mass is 9.54. The SMILES string of the molecule is C=CC[N@@+]1(C)CC[C@@]2(c3cccc(OC(C)=O)c3)C[C@H](NC(=O)C#Cc3ccc(C(F)(F)F)cc3)CCC2(OC)C1. The van der Waals surface area contributed by atoms with Crippen LogP contribution < -0.4 is 10.1 Å². The smallest absolute Gasteiger partial charge is 0.416 e. The fourth-order valence-corrected chi connectivity index (χ4v) is 6.67. The first-order valence-electron chi connectivity index (χ1n) is 13.6. The monoisotopic (exact) mass is 569 g/mol. The molecule has 1 amide bonds. The molecule has 6 nitrogen and oxygen atoms in total. The van der Waals surface area contributed by atoms with Gasteiger partial charge < -0.3 is 19.3 Å². The third-order valence-electron chi connectivity index (χ3n) is 8.56. The Balaban J connectivity index is 1.61. The topological polar surface area (TPSA) is 64.6 Å². The zero-order valence-electron chi connectivity index (χ0n) is 23.6. The molecule has 1 N–H and O–H groups in total. The minimum atomic E-state index is -4.43. The minimum absolute atomic E-state index is 0.207. The first-order valence-corrected chi connectivity index (χ1v) is 13.6. The number of nitrogens with zero attached hydrogens (tertiary/aromatic N) is 1. The molecule has 2 fully saturated rings. The van der Waals surface area contributed by atoms with Crippen molar-refractivity contribution in [1.82, 2.24) is 5.32 Å². The summed E-state index contributed by atoms with van der Waals surface area (Å²) >= 11 is 0. The van der Waals surface area contributed by atoms with E-state index >= 15 is 0 Å². The summed E-state index contributed by atoms with van der Waals surface area (Å²) in [5.41, 5.74) is -0.480. The minimum Gasteiger partial charge on any atom is -0.427 e. The number of piperidine rings is 1. The first kappa shape index (κ1) is 30.4. The number of carbonyl (C=O) groups excluding carboxylic acids is 2. The number of rotatable bonds is 6. The van der Waals surface area contributed by atoms with Crippen molar-refractivity contribution in [3.05, 3.63) is 77.9 Å². The van der Waals surface area contributed by atoms with Crippen LogP contribution in [0.25, 0.3) is 0 Å². The number of alkyl halides is 3. The third-order valence-corrected chi connectivity index (χ3v) is 8.56. The van der Waals surface area contributed by atoms with Gasteiger partial charge in [-0.25, -0.2) is 0 Å². The Morgan fingerprint density at radius 2 is 1.93 bits per heavy atom. The predicted octanol–water partition coefficient (Wildman–Crippen LogP) is 5.01. The zero-order chi connectivity index (χ0) is 29.9. The lowest BCUT2D eigenvalue weighted by Crippen LogP contribution is -2.72. The molecule has 41 heavy (non-hydrogen) atoms. The van der Waals surface area contributed by atoms with Crippen LogP contribution in [0.1, 0.15) is 49.3 Å². The van der Waals surface area contributed by atoms with Crippen LogP contribution in [0.5, 0.6) is 5.75 Å². The summed E-state index contributed by atoms with van der Waals surface area (Å²) in [6, 6.07) is 11.7. The summed E-state index contributed by atoms with van der Waals surface area (Å²) < 4.78 is 51.1. The summed E-state index contributed by atoms with van der Waals surface area (Å²) in [4.78, 5) is 24.5. The highest BCUT2D eigenvalue weighted by molar-refractivity contribution is 5.94. The van der Waals surface area contributed by atoms with Crippen molar-refractivity contribution in [2.75, 3.05) is 33.8 Å². The van der Waals surface area contributed by atoms with Gasteiger partial charge in [-0.15, -0.1) is 0 Å². The molecule has 1 saturated carbocycles. The molecule has 1 aliphatic heterocycles. The molecule has 0 radical (unpaired) electrons. The molecule has 4 rings (SSSR count). The van der Waals surface area contributed by atoms with Gasteiger partial charge in [0.25, 0.3) is 5.91 Å². The summed E-state index contributed by atoms with van der Waals surface area (Å²) in [5, 5.41) is 3.03. The van der Waals surface area contributed by atoms with Crippen LogP contribution in [0.2, 0.25) is 0 Å². The molecular weight excluding hydrogens is 533 g/mol. The summed E-state index contributed by atoms with van der Waals surface area (Å²) in [6.07, 6.45) is 0.213. The second kappa shape index (κ2) is 11.7. The van der Waals surface area contributed by atoms with Crippen molar-refractivity contribution in [2.45, 2.75) is 55.8 Å². The van der Waals surface area contributed by atoms with Crippen molar-refractivity contribution < 1.29 is 36.7 Å². The Morgan fingerprint density at radius 1 is 1.20 bits per heavy atom. The molecule has 9 heteroatoms. The van der Waals surface area contributed by atoms with E-state index in [2.05, 4.69) is 30.8 Å². The Labute approximate surface area is 239 Å². The van der Waals surface area contributed by atoms with Gasteiger partial charge in [0.15, 0.2) is 0 Å². The van der Waals surface area contributed by atoms with E-state index in [4.69, 9.17) is 9.47 Å². The Bertz CT molecular complexity index is 1360. The summed E-state index contributed by atoms with van der Waals surface area (Å²) in [7, 11) is 3.94. The number of carbonyl (C=O) groups is 2. The largest absolute Gasteiger partial charge is 0.427 e. The number of benzene rings is 2. The van der Waals surface area contributed by atoms with Gasteiger partial charge in [-0.1, -0.05) is 24.6 Å². The maximum atomic E-state index is 12.9. The summed E-state index contributed by atoms with van der Waals surface area (Å²) in [6.45, 7) is 7.73. The van der Waals surface area contributed by atoms with E-state index in [0.29, 0.717) is 30.6 Å². The van der Waals surface area contributed by atoms with E-state index in [-0.39, 0.29) is 6.04 Å². The molecule has 218 valence electrons. The fraction of sp³-hybridized carbons (Fsp3) is 0.438. The molecule has 2 aliphatic rings. The van der Waals surface area contributed by atoms with E-state index in [1.807, 2.05) is 24.3 Å². The van der Waals surface area contributed by atoms with E-state index in [1.165, 1.54) is 19.1 Å². The highest BCUT2D eigenvalue weighted by atomic mass is 19.4. The van der Waals surface area contributed by atoms with Gasteiger partial charge in [0.1, 0.15) is 17.9 Å². The van der Waals surface area contributed by atoms with E-state index < -0.39 is 34.6 Å². The number of halogens is 3. The Morgan fingerprint density at radius 3 is 2.56 bits per heavy atom. The van der Waals surface area contributed by atoms with Crippen molar-refractivity contribution in [2.24, 2.45) is 0 Å². The average Bonchev–Trinajstić information content (AvgIpc) is 2.91. The average molecular weight is 570 g/mol. The van der Waals surface area contributed by atoms with Gasteiger partial charge in [-0.3, -0.25) is 9.59 Å². The number of ether oxygens (including phenoxy) is 2. The van der Waals surface area contributed by atoms with Gasteiger partial charge >= 0.3 is 12.1 Å². The highest BCUT2D eigenvalue weighted by Gasteiger charge is 2.62. The van der Waals surface area contributed by atoms with Crippen molar-refractivity contribution in [3.63, 3.8) is 0 Å². The second-order valence-corrected chi connectivity index (χ2v) is 11.4. The number of nitrogens with one attached hydrogen (secondary N) is 1. The Kier molecular flexibility index (Phi) is 8.67. The quantitative estimate of drug-likeness (QED) is 0.175. The van der Waals surface area contributed by atoms with E-state index in [9.17, 15) is 22.8 Å². The molecule has 0 spiro atoms. The normalized spacial score (nSPS) is 27.5. The van der Waals surface area contributed by atoms with Crippen LogP contribution in [-0.2, 0) is 25.9 Å². The van der Waals surface area contributed by atoms with Crippen LogP contribution in [0.3, 0.4) is 0 Å². The number of hydrogen-bond donors (Lipinski definition) is 1. The van der Waals surface area contributed by atoms with E-state index in [1.54, 1.807) is 13.2 Å². The molecule has 1 aliphatic carbocycles. The Hall–Kier alpha value is -3.61. The van der Waals surface area contributed by atoms with Gasteiger partial charge in [0.05, 0.1) is 25.7 Å². The van der Waals surface area contributed by atoms with Gasteiger partial charge in [-0.2, -0.15) is 13.2 Å². The molecule has 1 unspecified atom stereocenters. The molecule has 0 bridgehead atoms. The van der Waals surface area contributed by atoms with Crippen LogP contribution >= 0.6 is 0 Å². The molecule has 4 atom stereocenters. The number of fused-ring (bicyclic) bond motifs is 1. The zero-order valence-corrected chi connectivity index (χ0v) is 23.6.